The Labute approximate surface area is 283 Å². The Morgan fingerprint density at radius 3 is 2.17 bits per heavy atom. The molecule has 0 saturated carbocycles. The van der Waals surface area contributed by atoms with Crippen LogP contribution in [0.15, 0.2) is 60.7 Å². The van der Waals surface area contributed by atoms with Crippen LogP contribution in [0.1, 0.15) is 40.9 Å². The molecular weight excluding hydrogens is 608 g/mol. The average Bonchev–Trinajstić information content (AvgIpc) is 3.10. The van der Waals surface area contributed by atoms with Crippen LogP contribution in [0.2, 0.25) is 0 Å². The van der Waals surface area contributed by atoms with E-state index in [1.807, 2.05) is 26.1 Å². The van der Waals surface area contributed by atoms with Crippen molar-refractivity contribution in [3.8, 4) is 28.6 Å². The highest BCUT2D eigenvalue weighted by Gasteiger charge is 2.21. The SMILES string of the molecule is CCN(CC)CCN(C)C(=O)c1ccc(Nc2nc(OC(=O)N(C)c3cc(OC)ccc3OC)cc(-c3ccc(C)c(C)c3C)n2)cc1. The lowest BCUT2D eigenvalue weighted by Gasteiger charge is -2.23. The molecule has 48 heavy (non-hydrogen) atoms. The van der Waals surface area contributed by atoms with Crippen molar-refractivity contribution < 1.29 is 23.8 Å². The summed E-state index contributed by atoms with van der Waals surface area (Å²) in [5.41, 5.74) is 6.55. The van der Waals surface area contributed by atoms with Gasteiger partial charge in [-0.25, -0.2) is 9.78 Å². The first-order valence-electron chi connectivity index (χ1n) is 16.0. The molecule has 0 radical (unpaired) electrons. The highest BCUT2D eigenvalue weighted by Crippen LogP contribution is 2.33. The third kappa shape index (κ3) is 8.40. The average molecular weight is 655 g/mol. The van der Waals surface area contributed by atoms with E-state index >= 15 is 0 Å². The smallest absolute Gasteiger partial charge is 0.420 e. The number of methoxy groups -OCH3 is 2. The first-order chi connectivity index (χ1) is 23.0. The van der Waals surface area contributed by atoms with Gasteiger partial charge in [-0.15, -0.1) is 0 Å². The highest BCUT2D eigenvalue weighted by molar-refractivity contribution is 5.94. The maximum absolute atomic E-state index is 13.4. The zero-order chi connectivity index (χ0) is 35.0. The van der Waals surface area contributed by atoms with Crippen molar-refractivity contribution in [2.45, 2.75) is 34.6 Å². The summed E-state index contributed by atoms with van der Waals surface area (Å²) in [4.78, 5) is 41.2. The van der Waals surface area contributed by atoms with E-state index in [4.69, 9.17) is 19.2 Å². The van der Waals surface area contributed by atoms with Crippen LogP contribution in [0.25, 0.3) is 11.3 Å². The number of amides is 2. The molecule has 254 valence electrons. The van der Waals surface area contributed by atoms with Gasteiger partial charge in [0.1, 0.15) is 11.5 Å². The predicted octanol–water partition coefficient (Wildman–Crippen LogP) is 6.88. The minimum absolute atomic E-state index is 0.0526. The van der Waals surface area contributed by atoms with E-state index in [-0.39, 0.29) is 17.7 Å². The first kappa shape index (κ1) is 35.7. The molecule has 1 heterocycles. The summed E-state index contributed by atoms with van der Waals surface area (Å²) < 4.78 is 16.6. The molecule has 11 nitrogen and oxygen atoms in total. The highest BCUT2D eigenvalue weighted by atomic mass is 16.6. The Morgan fingerprint density at radius 1 is 0.812 bits per heavy atom. The maximum atomic E-state index is 13.4. The minimum Gasteiger partial charge on any atom is -0.497 e. The molecule has 4 aromatic rings. The third-order valence-electron chi connectivity index (χ3n) is 8.63. The normalized spacial score (nSPS) is 10.9. The molecule has 0 bridgehead atoms. The minimum atomic E-state index is -0.679. The Bertz CT molecular complexity index is 1740. The van der Waals surface area contributed by atoms with Crippen molar-refractivity contribution in [2.75, 3.05) is 64.7 Å². The molecule has 0 unspecified atom stereocenters. The van der Waals surface area contributed by atoms with Crippen molar-refractivity contribution >= 4 is 29.3 Å². The predicted molar refractivity (Wildman–Crippen MR) is 190 cm³/mol. The van der Waals surface area contributed by atoms with E-state index in [9.17, 15) is 9.59 Å². The van der Waals surface area contributed by atoms with Gasteiger partial charge in [0.15, 0.2) is 0 Å². The van der Waals surface area contributed by atoms with Crippen molar-refractivity contribution in [3.05, 3.63) is 82.9 Å². The van der Waals surface area contributed by atoms with Gasteiger partial charge in [0.2, 0.25) is 11.8 Å². The summed E-state index contributed by atoms with van der Waals surface area (Å²) in [6.45, 7) is 13.7. The first-order valence-corrected chi connectivity index (χ1v) is 16.0. The van der Waals surface area contributed by atoms with E-state index in [1.54, 1.807) is 67.6 Å². The molecule has 0 spiro atoms. The number of benzene rings is 3. The molecule has 0 saturated heterocycles. The number of hydrogen-bond donors (Lipinski definition) is 1. The molecule has 0 aliphatic rings. The molecule has 4 rings (SSSR count). The van der Waals surface area contributed by atoms with Crippen molar-refractivity contribution in [1.82, 2.24) is 19.8 Å². The van der Waals surface area contributed by atoms with Crippen LogP contribution in [-0.4, -0.2) is 86.3 Å². The summed E-state index contributed by atoms with van der Waals surface area (Å²) in [7, 11) is 6.47. The van der Waals surface area contributed by atoms with Crippen molar-refractivity contribution in [2.24, 2.45) is 0 Å². The molecule has 1 N–H and O–H groups in total. The number of carbonyl (C=O) groups excluding carboxylic acids is 2. The van der Waals surface area contributed by atoms with Gasteiger partial charge in [-0.1, -0.05) is 26.0 Å². The van der Waals surface area contributed by atoms with E-state index in [0.29, 0.717) is 40.7 Å². The molecular formula is C37H46N6O5. The monoisotopic (exact) mass is 654 g/mol. The quantitative estimate of drug-likeness (QED) is 0.165. The van der Waals surface area contributed by atoms with Crippen LogP contribution in [-0.2, 0) is 0 Å². The number of carbonyl (C=O) groups is 2. The standard InChI is InChI=1S/C37H46N6O5/c1-10-43(11-2)21-20-41(6)35(44)27-13-15-28(16-14-27)38-36-39-31(30-18-12-24(3)25(4)26(30)5)23-34(40-36)48-37(45)42(7)32-22-29(46-8)17-19-33(32)47-9/h12-19,22-23H,10-11,20-21H2,1-9H3,(H,38,39,40). The van der Waals surface area contributed by atoms with Crippen LogP contribution in [0.3, 0.4) is 0 Å². The Kier molecular flexibility index (Phi) is 12.0. The number of anilines is 3. The zero-order valence-corrected chi connectivity index (χ0v) is 29.4. The van der Waals surface area contributed by atoms with Crippen LogP contribution >= 0.6 is 0 Å². The molecule has 11 heteroatoms. The number of nitrogens with zero attached hydrogens (tertiary/aromatic N) is 5. The largest absolute Gasteiger partial charge is 0.497 e. The molecule has 0 fully saturated rings. The van der Waals surface area contributed by atoms with Gasteiger partial charge in [0.05, 0.1) is 25.6 Å². The van der Waals surface area contributed by atoms with E-state index < -0.39 is 6.09 Å². The maximum Gasteiger partial charge on any atom is 0.420 e. The van der Waals surface area contributed by atoms with Gasteiger partial charge in [0, 0.05) is 56.1 Å². The van der Waals surface area contributed by atoms with Gasteiger partial charge in [-0.05, 0) is 86.9 Å². The van der Waals surface area contributed by atoms with E-state index in [0.717, 1.165) is 41.9 Å². The van der Waals surface area contributed by atoms with Crippen LogP contribution in [0.4, 0.5) is 22.1 Å². The summed E-state index contributed by atoms with van der Waals surface area (Å²) >= 11 is 0. The lowest BCUT2D eigenvalue weighted by atomic mass is 9.97. The van der Waals surface area contributed by atoms with Gasteiger partial charge in [-0.3, -0.25) is 9.69 Å². The summed E-state index contributed by atoms with van der Waals surface area (Å²) in [6.07, 6.45) is -0.679. The third-order valence-corrected chi connectivity index (χ3v) is 8.63. The molecule has 0 atom stereocenters. The number of rotatable bonds is 13. The van der Waals surface area contributed by atoms with Gasteiger partial charge in [-0.2, -0.15) is 4.98 Å². The number of nitrogens with one attached hydrogen (secondary N) is 1. The molecule has 0 aliphatic carbocycles. The fourth-order valence-electron chi connectivity index (χ4n) is 5.20. The Morgan fingerprint density at radius 2 is 1.52 bits per heavy atom. The number of aryl methyl sites for hydroxylation is 1. The van der Waals surface area contributed by atoms with Gasteiger partial charge >= 0.3 is 6.09 Å². The second kappa shape index (κ2) is 16.1. The molecule has 0 aliphatic heterocycles. The van der Waals surface area contributed by atoms with E-state index in [2.05, 4.69) is 42.9 Å². The van der Waals surface area contributed by atoms with Crippen molar-refractivity contribution in [3.63, 3.8) is 0 Å². The van der Waals surface area contributed by atoms with Gasteiger partial charge < -0.3 is 29.3 Å². The van der Waals surface area contributed by atoms with Gasteiger partial charge in [0.25, 0.3) is 5.91 Å². The van der Waals surface area contributed by atoms with Crippen LogP contribution in [0.5, 0.6) is 17.4 Å². The summed E-state index contributed by atoms with van der Waals surface area (Å²) in [6, 6.07) is 18.0. The molecule has 3 aromatic carbocycles. The summed E-state index contributed by atoms with van der Waals surface area (Å²) in [5.74, 6) is 1.27. The van der Waals surface area contributed by atoms with Crippen LogP contribution < -0.4 is 24.4 Å². The lowest BCUT2D eigenvalue weighted by molar-refractivity contribution is 0.0779. The molecule has 2 amide bonds. The number of ether oxygens (including phenoxy) is 3. The summed E-state index contributed by atoms with van der Waals surface area (Å²) in [5, 5.41) is 3.22. The topological polar surface area (TPSA) is 109 Å². The molecule has 1 aromatic heterocycles. The fourth-order valence-corrected chi connectivity index (χ4v) is 5.20. The Hall–Kier alpha value is -5.16. The second-order valence-electron chi connectivity index (χ2n) is 11.5. The lowest BCUT2D eigenvalue weighted by Crippen LogP contribution is -2.36. The Balaban J connectivity index is 1.62. The second-order valence-corrected chi connectivity index (χ2v) is 11.5. The zero-order valence-electron chi connectivity index (χ0n) is 29.4. The number of likely N-dealkylation sites (N-methyl/N-ethyl adjacent to an activating group) is 2. The number of aromatic nitrogens is 2. The fraction of sp³-hybridized carbons (Fsp3) is 0.351. The number of hydrogen-bond acceptors (Lipinski definition) is 9. The van der Waals surface area contributed by atoms with Crippen LogP contribution in [0, 0.1) is 20.8 Å². The van der Waals surface area contributed by atoms with E-state index in [1.165, 1.54) is 12.0 Å². The van der Waals surface area contributed by atoms with Crippen molar-refractivity contribution in [1.29, 1.82) is 0 Å².